The number of carbonyl (C=O) groups excluding carboxylic acids is 1. The summed E-state index contributed by atoms with van der Waals surface area (Å²) in [5, 5.41) is 0. The van der Waals surface area contributed by atoms with Crippen LogP contribution in [0.1, 0.15) is 12.5 Å². The Hall–Kier alpha value is -1.77. The van der Waals surface area contributed by atoms with Crippen molar-refractivity contribution in [2.45, 2.75) is 13.3 Å². The second-order valence-corrected chi connectivity index (χ2v) is 4.43. The van der Waals surface area contributed by atoms with Crippen LogP contribution in [0.5, 0.6) is 0 Å². The van der Waals surface area contributed by atoms with E-state index in [0.717, 1.165) is 13.0 Å². The molecule has 1 atom stereocenters. The van der Waals surface area contributed by atoms with Gasteiger partial charge in [0.05, 0.1) is 7.11 Å². The number of benzene rings is 1. The number of ether oxygens (including phenoxy) is 1. The smallest absolute Gasteiger partial charge is 0.331 e. The van der Waals surface area contributed by atoms with Crippen LogP contribution in [-0.4, -0.2) is 19.6 Å². The van der Waals surface area contributed by atoms with Crippen LogP contribution >= 0.6 is 0 Å². The molecular weight excluding hydrogens is 214 g/mol. The van der Waals surface area contributed by atoms with Crippen LogP contribution in [0.25, 0.3) is 0 Å². The van der Waals surface area contributed by atoms with Crippen molar-refractivity contribution in [2.75, 3.05) is 18.6 Å². The lowest BCUT2D eigenvalue weighted by Gasteiger charge is -2.32. The third kappa shape index (κ3) is 2.67. The highest BCUT2D eigenvalue weighted by molar-refractivity contribution is 5.82. The molecule has 1 heterocycles. The Morgan fingerprint density at radius 3 is 3.00 bits per heavy atom. The van der Waals surface area contributed by atoms with Gasteiger partial charge in [-0.1, -0.05) is 25.1 Å². The van der Waals surface area contributed by atoms with Gasteiger partial charge in [-0.05, 0) is 24.0 Å². The molecule has 1 aromatic carbocycles. The first-order chi connectivity index (χ1) is 8.20. The van der Waals surface area contributed by atoms with E-state index < -0.39 is 0 Å². The van der Waals surface area contributed by atoms with Crippen LogP contribution in [0.4, 0.5) is 5.69 Å². The molecule has 0 N–H and O–H groups in total. The van der Waals surface area contributed by atoms with Crippen LogP contribution in [0, 0.1) is 5.92 Å². The fourth-order valence-electron chi connectivity index (χ4n) is 2.20. The number of fused-ring (bicyclic) bond motifs is 1. The summed E-state index contributed by atoms with van der Waals surface area (Å²) in [6.45, 7) is 3.15. The molecule has 0 saturated heterocycles. The molecular formula is C14H17NO2. The number of carbonyl (C=O) groups is 1. The molecule has 0 spiro atoms. The minimum absolute atomic E-state index is 0.319. The number of esters is 1. The summed E-state index contributed by atoms with van der Waals surface area (Å²) >= 11 is 0. The van der Waals surface area contributed by atoms with E-state index in [1.165, 1.54) is 24.4 Å². The van der Waals surface area contributed by atoms with Gasteiger partial charge in [0, 0.05) is 24.5 Å². The zero-order valence-electron chi connectivity index (χ0n) is 10.2. The van der Waals surface area contributed by atoms with E-state index >= 15 is 0 Å². The topological polar surface area (TPSA) is 29.5 Å². The second kappa shape index (κ2) is 5.04. The van der Waals surface area contributed by atoms with Crippen molar-refractivity contribution in [2.24, 2.45) is 5.92 Å². The van der Waals surface area contributed by atoms with E-state index in [4.69, 9.17) is 0 Å². The molecule has 3 heteroatoms. The van der Waals surface area contributed by atoms with E-state index in [0.29, 0.717) is 5.92 Å². The van der Waals surface area contributed by atoms with Gasteiger partial charge in [-0.3, -0.25) is 0 Å². The zero-order valence-corrected chi connectivity index (χ0v) is 10.2. The maximum Gasteiger partial charge on any atom is 0.331 e. The summed E-state index contributed by atoms with van der Waals surface area (Å²) in [4.78, 5) is 13.2. The Bertz CT molecular complexity index is 440. The lowest BCUT2D eigenvalue weighted by Crippen LogP contribution is -2.30. The van der Waals surface area contributed by atoms with Gasteiger partial charge in [-0.25, -0.2) is 4.79 Å². The first-order valence-corrected chi connectivity index (χ1v) is 5.81. The molecule has 90 valence electrons. The van der Waals surface area contributed by atoms with Gasteiger partial charge in [0.15, 0.2) is 0 Å². The minimum atomic E-state index is -0.319. The number of nitrogens with zero attached hydrogens (tertiary/aromatic N) is 1. The van der Waals surface area contributed by atoms with E-state index in [9.17, 15) is 4.79 Å². The Morgan fingerprint density at radius 2 is 2.24 bits per heavy atom. The van der Waals surface area contributed by atoms with Gasteiger partial charge in [-0.15, -0.1) is 0 Å². The van der Waals surface area contributed by atoms with Crippen LogP contribution in [0.2, 0.25) is 0 Å². The SMILES string of the molecule is COC(=O)C=CN1CC(C)Cc2ccccc21. The molecule has 1 unspecified atom stereocenters. The summed E-state index contributed by atoms with van der Waals surface area (Å²) in [5.41, 5.74) is 2.52. The summed E-state index contributed by atoms with van der Waals surface area (Å²) in [5.74, 6) is 0.271. The predicted molar refractivity (Wildman–Crippen MR) is 67.8 cm³/mol. The molecule has 1 aromatic rings. The third-order valence-electron chi connectivity index (χ3n) is 2.97. The highest BCUT2D eigenvalue weighted by Crippen LogP contribution is 2.29. The first-order valence-electron chi connectivity index (χ1n) is 5.81. The van der Waals surface area contributed by atoms with Crippen LogP contribution in [-0.2, 0) is 16.0 Å². The molecule has 1 aliphatic heterocycles. The number of anilines is 1. The standard InChI is InChI=1S/C14H17NO2/c1-11-9-12-5-3-4-6-13(12)15(10-11)8-7-14(16)17-2/h3-8,11H,9-10H2,1-2H3. The van der Waals surface area contributed by atoms with Gasteiger partial charge in [0.1, 0.15) is 0 Å². The monoisotopic (exact) mass is 231 g/mol. The number of rotatable bonds is 2. The molecule has 0 aromatic heterocycles. The lowest BCUT2D eigenvalue weighted by atomic mass is 9.94. The summed E-state index contributed by atoms with van der Waals surface area (Å²) < 4.78 is 4.60. The number of hydrogen-bond donors (Lipinski definition) is 0. The molecule has 0 fully saturated rings. The predicted octanol–water partition coefficient (Wildman–Crippen LogP) is 2.37. The Labute approximate surface area is 102 Å². The fourth-order valence-corrected chi connectivity index (χ4v) is 2.20. The number of hydrogen-bond acceptors (Lipinski definition) is 3. The molecule has 2 rings (SSSR count). The highest BCUT2D eigenvalue weighted by atomic mass is 16.5. The molecule has 0 bridgehead atoms. The van der Waals surface area contributed by atoms with Gasteiger partial charge in [-0.2, -0.15) is 0 Å². The fraction of sp³-hybridized carbons (Fsp3) is 0.357. The number of para-hydroxylation sites is 1. The van der Waals surface area contributed by atoms with Crippen molar-refractivity contribution in [3.05, 3.63) is 42.1 Å². The quantitative estimate of drug-likeness (QED) is 0.578. The Kier molecular flexibility index (Phi) is 3.47. The summed E-state index contributed by atoms with van der Waals surface area (Å²) in [7, 11) is 1.39. The molecule has 0 radical (unpaired) electrons. The van der Waals surface area contributed by atoms with Crippen LogP contribution in [0.15, 0.2) is 36.5 Å². The molecule has 1 aliphatic rings. The van der Waals surface area contributed by atoms with Gasteiger partial charge in [0.25, 0.3) is 0 Å². The van der Waals surface area contributed by atoms with Crippen LogP contribution < -0.4 is 4.90 Å². The molecule has 3 nitrogen and oxygen atoms in total. The molecule has 17 heavy (non-hydrogen) atoms. The van der Waals surface area contributed by atoms with Crippen molar-refractivity contribution in [1.29, 1.82) is 0 Å². The van der Waals surface area contributed by atoms with Crippen molar-refractivity contribution in [3.8, 4) is 0 Å². The first kappa shape index (κ1) is 11.7. The lowest BCUT2D eigenvalue weighted by molar-refractivity contribution is -0.134. The Balaban J connectivity index is 2.24. The van der Waals surface area contributed by atoms with E-state index in [1.807, 2.05) is 6.07 Å². The normalized spacial score (nSPS) is 19.2. The van der Waals surface area contributed by atoms with E-state index in [-0.39, 0.29) is 5.97 Å². The van der Waals surface area contributed by atoms with Crippen molar-refractivity contribution in [1.82, 2.24) is 0 Å². The largest absolute Gasteiger partial charge is 0.466 e. The molecule has 0 amide bonds. The molecule has 0 saturated carbocycles. The van der Waals surface area contributed by atoms with Crippen molar-refractivity contribution < 1.29 is 9.53 Å². The summed E-state index contributed by atoms with van der Waals surface area (Å²) in [6, 6.07) is 8.31. The zero-order chi connectivity index (χ0) is 12.3. The average molecular weight is 231 g/mol. The maximum absolute atomic E-state index is 11.1. The van der Waals surface area contributed by atoms with Crippen molar-refractivity contribution in [3.63, 3.8) is 0 Å². The van der Waals surface area contributed by atoms with Gasteiger partial charge >= 0.3 is 5.97 Å². The highest BCUT2D eigenvalue weighted by Gasteiger charge is 2.19. The van der Waals surface area contributed by atoms with Crippen molar-refractivity contribution >= 4 is 11.7 Å². The average Bonchev–Trinajstić information content (AvgIpc) is 2.35. The number of methoxy groups -OCH3 is 1. The van der Waals surface area contributed by atoms with E-state index in [2.05, 4.69) is 34.8 Å². The second-order valence-electron chi connectivity index (χ2n) is 4.43. The van der Waals surface area contributed by atoms with Gasteiger partial charge < -0.3 is 9.64 Å². The Morgan fingerprint density at radius 1 is 1.47 bits per heavy atom. The maximum atomic E-state index is 11.1. The summed E-state index contributed by atoms with van der Waals surface area (Å²) in [6.07, 6.45) is 4.37. The third-order valence-corrected chi connectivity index (χ3v) is 2.97. The van der Waals surface area contributed by atoms with E-state index in [1.54, 1.807) is 6.20 Å². The minimum Gasteiger partial charge on any atom is -0.466 e. The van der Waals surface area contributed by atoms with Crippen LogP contribution in [0.3, 0.4) is 0 Å². The van der Waals surface area contributed by atoms with Gasteiger partial charge in [0.2, 0.25) is 0 Å². The molecule has 0 aliphatic carbocycles.